The van der Waals surface area contributed by atoms with Gasteiger partial charge in [-0.1, -0.05) is 34.8 Å². The molecule has 10 heteroatoms. The van der Waals surface area contributed by atoms with Gasteiger partial charge >= 0.3 is 0 Å². The van der Waals surface area contributed by atoms with Crippen LogP contribution in [-0.2, 0) is 10.0 Å². The fourth-order valence-electron chi connectivity index (χ4n) is 1.77. The summed E-state index contributed by atoms with van der Waals surface area (Å²) >= 11 is 17.7. The lowest BCUT2D eigenvalue weighted by molar-refractivity contribution is 0.0963. The van der Waals surface area contributed by atoms with Gasteiger partial charge in [-0.25, -0.2) is 8.42 Å². The van der Waals surface area contributed by atoms with E-state index in [2.05, 4.69) is 15.6 Å². The predicted molar refractivity (Wildman–Crippen MR) is 95.2 cm³/mol. The summed E-state index contributed by atoms with van der Waals surface area (Å²) in [5.41, 5.74) is 2.97. The molecule has 0 aliphatic carbocycles. The fourth-order valence-corrected chi connectivity index (χ4v) is 3.53. The van der Waals surface area contributed by atoms with Crippen LogP contribution in [0.3, 0.4) is 0 Å². The van der Waals surface area contributed by atoms with E-state index in [1.54, 1.807) is 0 Å². The fraction of sp³-hybridized carbons (Fsp3) is 0.0714. The summed E-state index contributed by atoms with van der Waals surface area (Å²) in [6.07, 6.45) is 0. The average Bonchev–Trinajstić information content (AvgIpc) is 2.53. The van der Waals surface area contributed by atoms with Gasteiger partial charge in [0.1, 0.15) is 0 Å². The maximum Gasteiger partial charge on any atom is 0.257 e. The first-order chi connectivity index (χ1) is 11.2. The summed E-state index contributed by atoms with van der Waals surface area (Å²) in [6.45, 7) is 0. The number of rotatable bonds is 5. The molecule has 0 aromatic heterocycles. The lowest BCUT2D eigenvalue weighted by Gasteiger charge is -2.12. The second-order valence-electron chi connectivity index (χ2n) is 4.58. The van der Waals surface area contributed by atoms with Gasteiger partial charge in [-0.15, -0.1) is 4.83 Å². The first kappa shape index (κ1) is 18.8. The van der Waals surface area contributed by atoms with Crippen molar-refractivity contribution in [3.8, 4) is 0 Å². The summed E-state index contributed by atoms with van der Waals surface area (Å²) in [5, 5.41) is 3.08. The molecule has 1 amide bonds. The van der Waals surface area contributed by atoms with E-state index in [-0.39, 0.29) is 26.5 Å². The maximum absolute atomic E-state index is 12.3. The second kappa shape index (κ2) is 7.58. The third-order valence-corrected chi connectivity index (χ3v) is 5.05. The van der Waals surface area contributed by atoms with Gasteiger partial charge in [0, 0.05) is 17.6 Å². The number of carbonyl (C=O) groups is 1. The number of benzene rings is 2. The van der Waals surface area contributed by atoms with E-state index in [0.29, 0.717) is 10.6 Å². The monoisotopic (exact) mass is 407 g/mol. The smallest absolute Gasteiger partial charge is 0.257 e. The summed E-state index contributed by atoms with van der Waals surface area (Å²) in [6, 6.07) is 8.25. The van der Waals surface area contributed by atoms with E-state index < -0.39 is 10.0 Å². The van der Waals surface area contributed by atoms with Crippen molar-refractivity contribution in [2.24, 2.45) is 0 Å². The zero-order valence-corrected chi connectivity index (χ0v) is 15.3. The Labute approximate surface area is 154 Å². The van der Waals surface area contributed by atoms with Gasteiger partial charge < -0.3 is 10.7 Å². The van der Waals surface area contributed by atoms with Crippen LogP contribution in [0.2, 0.25) is 15.1 Å². The predicted octanol–water partition coefficient (Wildman–Crippen LogP) is 3.31. The third kappa shape index (κ3) is 4.31. The quantitative estimate of drug-likeness (QED) is 0.662. The average molecular weight is 409 g/mol. The molecule has 6 nitrogen and oxygen atoms in total. The van der Waals surface area contributed by atoms with E-state index >= 15 is 0 Å². The van der Waals surface area contributed by atoms with Gasteiger partial charge in [0.2, 0.25) is 0 Å². The Kier molecular flexibility index (Phi) is 5.95. The van der Waals surface area contributed by atoms with Crippen molar-refractivity contribution in [1.29, 1.82) is 0 Å². The van der Waals surface area contributed by atoms with Crippen molar-refractivity contribution < 1.29 is 13.2 Å². The van der Waals surface area contributed by atoms with Crippen LogP contribution in [0.5, 0.6) is 0 Å². The molecule has 0 saturated heterocycles. The number of amides is 1. The van der Waals surface area contributed by atoms with Crippen molar-refractivity contribution in [2.75, 3.05) is 12.5 Å². The standard InChI is InChI=1S/C14H12Cl3N3O3S/c1-18-14(21)8-2-4-10(5-3-8)24(22,23)20-19-13-11(16)6-9(15)7-12(13)17/h2-7,19-20H,1H3,(H,18,21). The number of hydrogen-bond donors (Lipinski definition) is 3. The highest BCUT2D eigenvalue weighted by atomic mass is 35.5. The summed E-state index contributed by atoms with van der Waals surface area (Å²) in [4.78, 5) is 13.6. The Morgan fingerprint density at radius 3 is 2.04 bits per heavy atom. The van der Waals surface area contributed by atoms with Crippen LogP contribution in [0.1, 0.15) is 10.4 Å². The molecule has 0 unspecified atom stereocenters. The number of halogens is 3. The summed E-state index contributed by atoms with van der Waals surface area (Å²) in [7, 11) is -2.41. The van der Waals surface area contributed by atoms with Gasteiger partial charge in [0.25, 0.3) is 15.9 Å². The van der Waals surface area contributed by atoms with Gasteiger partial charge in [0.15, 0.2) is 0 Å². The van der Waals surface area contributed by atoms with E-state index in [1.165, 1.54) is 43.4 Å². The molecular weight excluding hydrogens is 397 g/mol. The van der Waals surface area contributed by atoms with Crippen molar-refractivity contribution in [3.63, 3.8) is 0 Å². The van der Waals surface area contributed by atoms with Crippen molar-refractivity contribution >= 4 is 56.4 Å². The van der Waals surface area contributed by atoms with Crippen LogP contribution in [-0.4, -0.2) is 21.4 Å². The Balaban J connectivity index is 2.19. The van der Waals surface area contributed by atoms with Crippen molar-refractivity contribution in [3.05, 3.63) is 57.0 Å². The third-order valence-electron chi connectivity index (χ3n) is 2.97. The maximum atomic E-state index is 12.3. The van der Waals surface area contributed by atoms with Gasteiger partial charge in [0.05, 0.1) is 20.6 Å². The normalized spacial score (nSPS) is 11.2. The van der Waals surface area contributed by atoms with E-state index in [1.807, 2.05) is 0 Å². The summed E-state index contributed by atoms with van der Waals surface area (Å²) in [5.74, 6) is -0.315. The zero-order valence-electron chi connectivity index (χ0n) is 12.2. The van der Waals surface area contributed by atoms with Gasteiger partial charge in [-0.2, -0.15) is 0 Å². The topological polar surface area (TPSA) is 87.3 Å². The van der Waals surface area contributed by atoms with E-state index in [9.17, 15) is 13.2 Å². The molecule has 0 saturated carbocycles. The number of hydrazine groups is 1. The molecule has 0 heterocycles. The molecule has 128 valence electrons. The highest BCUT2D eigenvalue weighted by molar-refractivity contribution is 7.89. The number of sulfonamides is 1. The number of anilines is 1. The number of nitrogens with one attached hydrogen (secondary N) is 3. The summed E-state index contributed by atoms with van der Waals surface area (Å²) < 4.78 is 24.5. The minimum absolute atomic E-state index is 0.0381. The molecule has 3 N–H and O–H groups in total. The minimum Gasteiger partial charge on any atom is -0.355 e. The van der Waals surface area contributed by atoms with Crippen LogP contribution in [0.4, 0.5) is 5.69 Å². The lowest BCUT2D eigenvalue weighted by Crippen LogP contribution is -2.30. The second-order valence-corrected chi connectivity index (χ2v) is 7.51. The Morgan fingerprint density at radius 2 is 1.54 bits per heavy atom. The highest BCUT2D eigenvalue weighted by Gasteiger charge is 2.16. The Bertz CT molecular complexity index is 848. The molecule has 2 aromatic rings. The van der Waals surface area contributed by atoms with Crippen LogP contribution >= 0.6 is 34.8 Å². The van der Waals surface area contributed by atoms with Crippen LogP contribution < -0.4 is 15.6 Å². The molecule has 2 aromatic carbocycles. The van der Waals surface area contributed by atoms with E-state index in [4.69, 9.17) is 34.8 Å². The molecule has 0 bridgehead atoms. The number of hydrogen-bond acceptors (Lipinski definition) is 4. The molecule has 0 atom stereocenters. The highest BCUT2D eigenvalue weighted by Crippen LogP contribution is 2.33. The van der Waals surface area contributed by atoms with Crippen molar-refractivity contribution in [2.45, 2.75) is 4.90 Å². The van der Waals surface area contributed by atoms with Crippen LogP contribution in [0.25, 0.3) is 0 Å². The van der Waals surface area contributed by atoms with Gasteiger partial charge in [-0.05, 0) is 36.4 Å². The molecule has 24 heavy (non-hydrogen) atoms. The zero-order chi connectivity index (χ0) is 17.9. The molecule has 0 aliphatic heterocycles. The minimum atomic E-state index is -3.89. The SMILES string of the molecule is CNC(=O)c1ccc(S(=O)(=O)NNc2c(Cl)cc(Cl)cc2Cl)cc1. The number of carbonyl (C=O) groups excluding carboxylic acids is 1. The molecular formula is C14H12Cl3N3O3S. The lowest BCUT2D eigenvalue weighted by atomic mass is 10.2. The molecule has 0 radical (unpaired) electrons. The first-order valence-electron chi connectivity index (χ1n) is 6.49. The Hall–Kier alpha value is -1.51. The molecule has 0 aliphatic rings. The van der Waals surface area contributed by atoms with E-state index in [0.717, 1.165) is 0 Å². The Morgan fingerprint density at radius 1 is 1.00 bits per heavy atom. The molecule has 2 rings (SSSR count). The molecule has 0 fully saturated rings. The van der Waals surface area contributed by atoms with Gasteiger partial charge in [-0.3, -0.25) is 4.79 Å². The van der Waals surface area contributed by atoms with Crippen molar-refractivity contribution in [1.82, 2.24) is 10.1 Å². The van der Waals surface area contributed by atoms with Crippen LogP contribution in [0, 0.1) is 0 Å². The molecule has 0 spiro atoms. The van der Waals surface area contributed by atoms with Crippen LogP contribution in [0.15, 0.2) is 41.3 Å². The largest absolute Gasteiger partial charge is 0.355 e. The first-order valence-corrected chi connectivity index (χ1v) is 9.11.